The van der Waals surface area contributed by atoms with Crippen LogP contribution in [0.4, 0.5) is 13.2 Å². The van der Waals surface area contributed by atoms with E-state index in [4.69, 9.17) is 0 Å². The molecule has 158 valence electrons. The fourth-order valence-corrected chi connectivity index (χ4v) is 2.52. The molecule has 6 nitrogen and oxygen atoms in total. The number of nitrogens with zero attached hydrogens (tertiary/aromatic N) is 4. The molecule has 0 fully saturated rings. The van der Waals surface area contributed by atoms with Gasteiger partial charge in [-0.2, -0.15) is 18.3 Å². The van der Waals surface area contributed by atoms with Crippen LogP contribution in [-0.4, -0.2) is 52.8 Å². The average molecular weight is 442 g/mol. The summed E-state index contributed by atoms with van der Waals surface area (Å²) in [6.45, 7) is 4.82. The van der Waals surface area contributed by atoms with E-state index in [1.54, 1.807) is 25.8 Å². The number of carbonyl (C=O) groups is 1. The standard InChI is InChI=1S/C17H22F3N5O.2ClH/c1-11-14(9-16(26)24(4)8-7-21-3)12(2)25(23-11)15-6-5-13(10-22-15)17(18,19)20;;/h5-6,10,21H,7-9H2,1-4H3;2*1H. The van der Waals surface area contributed by atoms with Gasteiger partial charge in [-0.05, 0) is 33.0 Å². The average Bonchev–Trinajstić information content (AvgIpc) is 2.87. The normalized spacial score (nSPS) is 10.8. The lowest BCUT2D eigenvalue weighted by Gasteiger charge is -2.17. The van der Waals surface area contributed by atoms with E-state index in [0.29, 0.717) is 24.5 Å². The highest BCUT2D eigenvalue weighted by molar-refractivity contribution is 5.85. The van der Waals surface area contributed by atoms with Gasteiger partial charge in [0.05, 0.1) is 17.7 Å². The largest absolute Gasteiger partial charge is 0.417 e. The predicted molar refractivity (Wildman–Crippen MR) is 106 cm³/mol. The molecule has 0 spiro atoms. The van der Waals surface area contributed by atoms with Gasteiger partial charge in [0.1, 0.15) is 0 Å². The van der Waals surface area contributed by atoms with Gasteiger partial charge in [-0.25, -0.2) is 9.67 Å². The summed E-state index contributed by atoms with van der Waals surface area (Å²) in [6, 6.07) is 2.24. The number of nitrogens with one attached hydrogen (secondary N) is 1. The summed E-state index contributed by atoms with van der Waals surface area (Å²) in [5, 5.41) is 7.32. The molecule has 0 aromatic carbocycles. The van der Waals surface area contributed by atoms with Crippen LogP contribution in [0.1, 0.15) is 22.5 Å². The number of aromatic nitrogens is 3. The van der Waals surface area contributed by atoms with Crippen LogP contribution in [-0.2, 0) is 17.4 Å². The van der Waals surface area contributed by atoms with Gasteiger partial charge >= 0.3 is 6.18 Å². The first-order valence-electron chi connectivity index (χ1n) is 8.12. The molecule has 0 radical (unpaired) electrons. The van der Waals surface area contributed by atoms with Gasteiger partial charge in [-0.3, -0.25) is 4.79 Å². The molecule has 11 heteroatoms. The lowest BCUT2D eigenvalue weighted by molar-refractivity contribution is -0.137. The van der Waals surface area contributed by atoms with Crippen LogP contribution in [0.15, 0.2) is 18.3 Å². The van der Waals surface area contributed by atoms with Crippen molar-refractivity contribution in [2.75, 3.05) is 27.2 Å². The van der Waals surface area contributed by atoms with E-state index in [9.17, 15) is 18.0 Å². The predicted octanol–water partition coefficient (Wildman–Crippen LogP) is 2.97. The number of carbonyl (C=O) groups excluding carboxylic acids is 1. The van der Waals surface area contributed by atoms with Crippen LogP contribution in [0.25, 0.3) is 5.82 Å². The summed E-state index contributed by atoms with van der Waals surface area (Å²) < 4.78 is 39.5. The Morgan fingerprint density at radius 2 is 1.89 bits per heavy atom. The summed E-state index contributed by atoms with van der Waals surface area (Å²) in [5.41, 5.74) is 1.28. The van der Waals surface area contributed by atoms with Crippen LogP contribution in [0.2, 0.25) is 0 Å². The second-order valence-electron chi connectivity index (χ2n) is 6.06. The quantitative estimate of drug-likeness (QED) is 0.748. The number of hydrogen-bond acceptors (Lipinski definition) is 4. The molecule has 0 aliphatic rings. The number of alkyl halides is 3. The molecule has 2 heterocycles. The second kappa shape index (κ2) is 10.6. The molecule has 28 heavy (non-hydrogen) atoms. The minimum Gasteiger partial charge on any atom is -0.344 e. The van der Waals surface area contributed by atoms with E-state index in [1.807, 2.05) is 7.05 Å². The van der Waals surface area contributed by atoms with E-state index in [-0.39, 0.29) is 43.0 Å². The number of halogens is 5. The fourth-order valence-electron chi connectivity index (χ4n) is 2.52. The molecule has 2 aromatic heterocycles. The van der Waals surface area contributed by atoms with Crippen molar-refractivity contribution in [1.29, 1.82) is 0 Å². The summed E-state index contributed by atoms with van der Waals surface area (Å²) in [5.74, 6) is 0.229. The third kappa shape index (κ3) is 6.08. The van der Waals surface area contributed by atoms with Crippen LogP contribution < -0.4 is 5.32 Å². The van der Waals surface area contributed by atoms with Crippen LogP contribution in [0.3, 0.4) is 0 Å². The lowest BCUT2D eigenvalue weighted by atomic mass is 10.1. The van der Waals surface area contributed by atoms with Crippen molar-refractivity contribution >= 4 is 30.7 Å². The first-order valence-corrected chi connectivity index (χ1v) is 8.12. The van der Waals surface area contributed by atoms with Gasteiger partial charge in [0.15, 0.2) is 5.82 Å². The molecule has 1 amide bonds. The van der Waals surface area contributed by atoms with E-state index in [1.165, 1.54) is 10.7 Å². The highest BCUT2D eigenvalue weighted by Crippen LogP contribution is 2.29. The van der Waals surface area contributed by atoms with E-state index in [0.717, 1.165) is 17.8 Å². The topological polar surface area (TPSA) is 63.1 Å². The van der Waals surface area contributed by atoms with Crippen molar-refractivity contribution in [2.45, 2.75) is 26.4 Å². The van der Waals surface area contributed by atoms with Crippen LogP contribution in [0, 0.1) is 13.8 Å². The third-order valence-corrected chi connectivity index (χ3v) is 4.18. The zero-order valence-electron chi connectivity index (χ0n) is 16.0. The maximum absolute atomic E-state index is 12.7. The SMILES string of the molecule is CNCCN(C)C(=O)Cc1c(C)nn(-c2ccc(C(F)(F)F)cn2)c1C.Cl.Cl. The third-order valence-electron chi connectivity index (χ3n) is 4.18. The van der Waals surface area contributed by atoms with Crippen molar-refractivity contribution in [1.82, 2.24) is 25.0 Å². The number of pyridine rings is 1. The number of hydrogen-bond donors (Lipinski definition) is 1. The number of amides is 1. The summed E-state index contributed by atoms with van der Waals surface area (Å²) in [6.07, 6.45) is -3.48. The number of aryl methyl sites for hydroxylation is 1. The summed E-state index contributed by atoms with van der Waals surface area (Å²) in [7, 11) is 3.54. The smallest absolute Gasteiger partial charge is 0.344 e. The molecule has 0 aliphatic heterocycles. The van der Waals surface area contributed by atoms with Crippen LogP contribution >= 0.6 is 24.8 Å². The molecule has 0 saturated heterocycles. The minimum atomic E-state index is -4.43. The first kappa shape index (κ1) is 26.2. The Morgan fingerprint density at radius 1 is 1.25 bits per heavy atom. The Balaban J connectivity index is 0.00000364. The Hall–Kier alpha value is -1.84. The molecule has 0 bridgehead atoms. The summed E-state index contributed by atoms with van der Waals surface area (Å²) >= 11 is 0. The molecule has 2 aromatic rings. The van der Waals surface area contributed by atoms with Gasteiger partial charge in [-0.1, -0.05) is 0 Å². The van der Waals surface area contributed by atoms with Crippen molar-refractivity contribution in [3.63, 3.8) is 0 Å². The zero-order chi connectivity index (χ0) is 19.5. The zero-order valence-corrected chi connectivity index (χ0v) is 17.6. The highest BCUT2D eigenvalue weighted by Gasteiger charge is 2.31. The molecule has 1 N–H and O–H groups in total. The Bertz CT molecular complexity index is 778. The summed E-state index contributed by atoms with van der Waals surface area (Å²) in [4.78, 5) is 17.8. The van der Waals surface area contributed by atoms with E-state index in [2.05, 4.69) is 15.4 Å². The van der Waals surface area contributed by atoms with Crippen molar-refractivity contribution in [2.24, 2.45) is 0 Å². The minimum absolute atomic E-state index is 0. The van der Waals surface area contributed by atoms with Gasteiger partial charge in [0, 0.05) is 37.6 Å². The Kier molecular flexibility index (Phi) is 9.94. The molecular formula is C17H24Cl2F3N5O. The van der Waals surface area contributed by atoms with Crippen molar-refractivity contribution < 1.29 is 18.0 Å². The van der Waals surface area contributed by atoms with Crippen molar-refractivity contribution in [3.05, 3.63) is 40.8 Å². The van der Waals surface area contributed by atoms with Gasteiger partial charge < -0.3 is 10.2 Å². The highest BCUT2D eigenvalue weighted by atomic mass is 35.5. The Morgan fingerprint density at radius 3 is 2.39 bits per heavy atom. The monoisotopic (exact) mass is 441 g/mol. The van der Waals surface area contributed by atoms with E-state index >= 15 is 0 Å². The molecule has 2 rings (SSSR count). The van der Waals surface area contributed by atoms with Crippen LogP contribution in [0.5, 0.6) is 0 Å². The Labute approximate surface area is 174 Å². The first-order chi connectivity index (χ1) is 12.1. The molecule has 0 aliphatic carbocycles. The van der Waals surface area contributed by atoms with Crippen molar-refractivity contribution in [3.8, 4) is 5.82 Å². The molecule has 0 unspecified atom stereocenters. The number of rotatable bonds is 6. The van der Waals surface area contributed by atoms with Gasteiger partial charge in [0.25, 0.3) is 0 Å². The number of likely N-dealkylation sites (N-methyl/N-ethyl adjacent to an activating group) is 2. The second-order valence-corrected chi connectivity index (χ2v) is 6.06. The molecular weight excluding hydrogens is 418 g/mol. The van der Waals surface area contributed by atoms with Gasteiger partial charge in [-0.15, -0.1) is 24.8 Å². The molecule has 0 saturated carbocycles. The molecule has 0 atom stereocenters. The lowest BCUT2D eigenvalue weighted by Crippen LogP contribution is -2.34. The van der Waals surface area contributed by atoms with E-state index < -0.39 is 11.7 Å². The van der Waals surface area contributed by atoms with Gasteiger partial charge in [0.2, 0.25) is 5.91 Å². The fraction of sp³-hybridized carbons (Fsp3) is 0.471. The maximum Gasteiger partial charge on any atom is 0.417 e. The maximum atomic E-state index is 12.7.